The minimum atomic E-state index is -1.08. The van der Waals surface area contributed by atoms with E-state index in [0.29, 0.717) is 0 Å². The van der Waals surface area contributed by atoms with Gasteiger partial charge in [-0.3, -0.25) is 14.9 Å². The number of likely N-dealkylation sites (N-methyl/N-ethyl adjacent to an activating group) is 1. The molecule has 8 heteroatoms. The number of rotatable bonds is 4. The van der Waals surface area contributed by atoms with Crippen LogP contribution in [0.25, 0.3) is 0 Å². The summed E-state index contributed by atoms with van der Waals surface area (Å²) in [7, 11) is 1.47. The van der Waals surface area contributed by atoms with Gasteiger partial charge in [-0.15, -0.1) is 0 Å². The van der Waals surface area contributed by atoms with Gasteiger partial charge < -0.3 is 10.0 Å². The predicted molar refractivity (Wildman–Crippen MR) is 69.2 cm³/mol. The van der Waals surface area contributed by atoms with Crippen LogP contribution in [0.3, 0.4) is 0 Å². The zero-order chi connectivity index (χ0) is 14.8. The molecule has 0 bridgehead atoms. The van der Waals surface area contributed by atoms with Crippen LogP contribution in [0, 0.1) is 10.1 Å². The molecule has 0 aliphatic carbocycles. The summed E-state index contributed by atoms with van der Waals surface area (Å²) in [5, 5.41) is 20.2. The van der Waals surface area contributed by atoms with Crippen molar-refractivity contribution >= 4 is 23.2 Å². The summed E-state index contributed by atoms with van der Waals surface area (Å²) in [5.41, 5.74) is -1.46. The summed E-state index contributed by atoms with van der Waals surface area (Å²) in [6.07, 6.45) is 0.981. The van der Waals surface area contributed by atoms with Crippen molar-refractivity contribution in [2.24, 2.45) is 0 Å². The van der Waals surface area contributed by atoms with Gasteiger partial charge in [0.1, 0.15) is 11.3 Å². The van der Waals surface area contributed by atoms with E-state index in [-0.39, 0.29) is 22.9 Å². The summed E-state index contributed by atoms with van der Waals surface area (Å²) in [5.74, 6) is -0.539. The number of carbonyl (C=O) groups is 1. The molecule has 1 rings (SSSR count). The Morgan fingerprint density at radius 2 is 2.21 bits per heavy atom. The highest BCUT2D eigenvalue weighted by molar-refractivity contribution is 6.32. The van der Waals surface area contributed by atoms with Crippen LogP contribution < -0.4 is 0 Å². The minimum Gasteiger partial charge on any atom is -0.389 e. The first-order chi connectivity index (χ1) is 8.61. The molecule has 0 fully saturated rings. The molecule has 1 amide bonds. The zero-order valence-corrected chi connectivity index (χ0v) is 11.5. The molecule has 0 radical (unpaired) electrons. The third-order valence-corrected chi connectivity index (χ3v) is 2.54. The third kappa shape index (κ3) is 4.15. The molecule has 7 nitrogen and oxygen atoms in total. The molecule has 0 aliphatic rings. The van der Waals surface area contributed by atoms with Crippen LogP contribution in [-0.4, -0.2) is 45.0 Å². The van der Waals surface area contributed by atoms with Crippen LogP contribution in [0.2, 0.25) is 5.15 Å². The Labute approximate surface area is 115 Å². The standard InChI is InChI=1S/C11H14ClN3O4/c1-11(2,17)6-14(3)10(16)8-4-7(15(18)19)5-13-9(8)12/h4-5,17H,6H2,1-3H3. The third-order valence-electron chi connectivity index (χ3n) is 2.24. The second-order valence-electron chi connectivity index (χ2n) is 4.76. The monoisotopic (exact) mass is 287 g/mol. The number of hydrogen-bond acceptors (Lipinski definition) is 5. The SMILES string of the molecule is CN(CC(C)(C)O)C(=O)c1cc([N+](=O)[O-])cnc1Cl. The lowest BCUT2D eigenvalue weighted by Crippen LogP contribution is -2.39. The van der Waals surface area contributed by atoms with Gasteiger partial charge >= 0.3 is 0 Å². The Morgan fingerprint density at radius 3 is 2.68 bits per heavy atom. The molecule has 0 atom stereocenters. The Morgan fingerprint density at radius 1 is 1.63 bits per heavy atom. The first kappa shape index (κ1) is 15.3. The highest BCUT2D eigenvalue weighted by Crippen LogP contribution is 2.21. The number of aliphatic hydroxyl groups is 1. The summed E-state index contributed by atoms with van der Waals surface area (Å²) in [6, 6.07) is 1.07. The molecule has 0 aromatic carbocycles. The molecule has 1 N–H and O–H groups in total. The van der Waals surface area contributed by atoms with E-state index < -0.39 is 16.4 Å². The number of hydrogen-bond donors (Lipinski definition) is 1. The average Bonchev–Trinajstić information content (AvgIpc) is 2.26. The lowest BCUT2D eigenvalue weighted by atomic mass is 10.1. The largest absolute Gasteiger partial charge is 0.389 e. The molecule has 1 aromatic heterocycles. The van der Waals surface area contributed by atoms with Crippen molar-refractivity contribution in [1.29, 1.82) is 0 Å². The van der Waals surface area contributed by atoms with Gasteiger partial charge in [-0.05, 0) is 13.8 Å². The van der Waals surface area contributed by atoms with Gasteiger partial charge in [-0.25, -0.2) is 4.98 Å². The fourth-order valence-corrected chi connectivity index (χ4v) is 1.73. The fraction of sp³-hybridized carbons (Fsp3) is 0.455. The van der Waals surface area contributed by atoms with Crippen molar-refractivity contribution in [3.63, 3.8) is 0 Å². The molecule has 0 saturated carbocycles. The van der Waals surface area contributed by atoms with E-state index >= 15 is 0 Å². The number of aromatic nitrogens is 1. The summed E-state index contributed by atoms with van der Waals surface area (Å²) >= 11 is 5.77. The lowest BCUT2D eigenvalue weighted by molar-refractivity contribution is -0.385. The maximum absolute atomic E-state index is 12.1. The van der Waals surface area contributed by atoms with Gasteiger partial charge in [-0.2, -0.15) is 0 Å². The van der Waals surface area contributed by atoms with E-state index in [1.807, 2.05) is 0 Å². The topological polar surface area (TPSA) is 96.6 Å². The average molecular weight is 288 g/mol. The Bertz CT molecular complexity index is 513. The van der Waals surface area contributed by atoms with E-state index in [2.05, 4.69) is 4.98 Å². The van der Waals surface area contributed by atoms with Gasteiger partial charge in [0.2, 0.25) is 0 Å². The van der Waals surface area contributed by atoms with Gasteiger partial charge in [-0.1, -0.05) is 11.6 Å². The van der Waals surface area contributed by atoms with Crippen molar-refractivity contribution in [1.82, 2.24) is 9.88 Å². The second kappa shape index (κ2) is 5.50. The fourth-order valence-electron chi connectivity index (χ4n) is 1.54. The van der Waals surface area contributed by atoms with Crippen LogP contribution in [0.1, 0.15) is 24.2 Å². The van der Waals surface area contributed by atoms with Gasteiger partial charge in [0.15, 0.2) is 0 Å². The van der Waals surface area contributed by atoms with Crippen molar-refractivity contribution < 1.29 is 14.8 Å². The second-order valence-corrected chi connectivity index (χ2v) is 5.12. The molecule has 1 heterocycles. The van der Waals surface area contributed by atoms with E-state index in [9.17, 15) is 20.0 Å². The van der Waals surface area contributed by atoms with Gasteiger partial charge in [0.25, 0.3) is 11.6 Å². The molecule has 19 heavy (non-hydrogen) atoms. The van der Waals surface area contributed by atoms with Crippen molar-refractivity contribution in [3.8, 4) is 0 Å². The molecule has 0 unspecified atom stereocenters. The molecule has 1 aromatic rings. The molecule has 0 saturated heterocycles. The Balaban J connectivity index is 3.05. The maximum atomic E-state index is 12.1. The normalized spacial score (nSPS) is 11.2. The van der Waals surface area contributed by atoms with E-state index in [0.717, 1.165) is 12.3 Å². The van der Waals surface area contributed by atoms with Crippen molar-refractivity contribution in [2.45, 2.75) is 19.4 Å². The van der Waals surface area contributed by atoms with Gasteiger partial charge in [0, 0.05) is 19.7 Å². The van der Waals surface area contributed by atoms with E-state index in [4.69, 9.17) is 11.6 Å². The smallest absolute Gasteiger partial charge is 0.288 e. The van der Waals surface area contributed by atoms with E-state index in [1.165, 1.54) is 11.9 Å². The highest BCUT2D eigenvalue weighted by atomic mass is 35.5. The van der Waals surface area contributed by atoms with Gasteiger partial charge in [0.05, 0.1) is 16.1 Å². The van der Waals surface area contributed by atoms with Crippen molar-refractivity contribution in [2.75, 3.05) is 13.6 Å². The Kier molecular flexibility index (Phi) is 4.43. The first-order valence-electron chi connectivity index (χ1n) is 5.39. The lowest BCUT2D eigenvalue weighted by Gasteiger charge is -2.25. The maximum Gasteiger partial charge on any atom is 0.288 e. The quantitative estimate of drug-likeness (QED) is 0.514. The molecular formula is C11H14ClN3O4. The van der Waals surface area contributed by atoms with Crippen LogP contribution in [0.5, 0.6) is 0 Å². The summed E-state index contributed by atoms with van der Waals surface area (Å²) in [6.45, 7) is 3.15. The van der Waals surface area contributed by atoms with Crippen LogP contribution >= 0.6 is 11.6 Å². The summed E-state index contributed by atoms with van der Waals surface area (Å²) in [4.78, 5) is 26.9. The number of nitro groups is 1. The number of nitrogens with zero attached hydrogens (tertiary/aromatic N) is 3. The minimum absolute atomic E-state index is 0.0604. The molecule has 0 spiro atoms. The number of pyridine rings is 1. The molecular weight excluding hydrogens is 274 g/mol. The Hall–Kier alpha value is -1.73. The van der Waals surface area contributed by atoms with Crippen LogP contribution in [-0.2, 0) is 0 Å². The van der Waals surface area contributed by atoms with E-state index in [1.54, 1.807) is 13.8 Å². The van der Waals surface area contributed by atoms with Crippen LogP contribution in [0.15, 0.2) is 12.3 Å². The van der Waals surface area contributed by atoms with Crippen LogP contribution in [0.4, 0.5) is 5.69 Å². The highest BCUT2D eigenvalue weighted by Gasteiger charge is 2.24. The van der Waals surface area contributed by atoms with Crippen molar-refractivity contribution in [3.05, 3.63) is 33.1 Å². The first-order valence-corrected chi connectivity index (χ1v) is 5.77. The zero-order valence-electron chi connectivity index (χ0n) is 10.8. The summed E-state index contributed by atoms with van der Waals surface area (Å²) < 4.78 is 0. The number of amides is 1. The number of carbonyl (C=O) groups excluding carboxylic acids is 1. The predicted octanol–water partition coefficient (Wildman–Crippen LogP) is 1.49. The molecule has 104 valence electrons. The number of halogens is 1. The molecule has 0 aliphatic heterocycles.